The fourth-order valence-electron chi connectivity index (χ4n) is 2.50. The zero-order valence-corrected chi connectivity index (χ0v) is 11.2. The van der Waals surface area contributed by atoms with Gasteiger partial charge in [-0.15, -0.1) is 0 Å². The molecule has 1 fully saturated rings. The molecule has 3 rings (SSSR count). The van der Waals surface area contributed by atoms with Gasteiger partial charge in [-0.3, -0.25) is 0 Å². The molecule has 0 amide bonds. The van der Waals surface area contributed by atoms with Crippen LogP contribution in [-0.4, -0.2) is 25.7 Å². The van der Waals surface area contributed by atoms with Gasteiger partial charge in [0.15, 0.2) is 11.3 Å². The Bertz CT molecular complexity index is 617. The molecule has 5 nitrogen and oxygen atoms in total. The zero-order chi connectivity index (χ0) is 12.7. The van der Waals surface area contributed by atoms with Crippen molar-refractivity contribution < 1.29 is 9.90 Å². The summed E-state index contributed by atoms with van der Waals surface area (Å²) in [5.41, 5.74) is 1.59. The number of hydrogen-bond acceptors (Lipinski definition) is 3. The predicted molar refractivity (Wildman–Crippen MR) is 68.9 cm³/mol. The van der Waals surface area contributed by atoms with E-state index in [1.807, 2.05) is 12.1 Å². The van der Waals surface area contributed by atoms with Crippen LogP contribution in [0.25, 0.3) is 5.65 Å². The molecule has 2 aromatic heterocycles. The third kappa shape index (κ3) is 1.80. The molecule has 6 heteroatoms. The van der Waals surface area contributed by atoms with Crippen molar-refractivity contribution in [3.05, 3.63) is 28.1 Å². The van der Waals surface area contributed by atoms with Crippen LogP contribution in [-0.2, 0) is 0 Å². The highest BCUT2D eigenvalue weighted by Gasteiger charge is 2.21. The summed E-state index contributed by atoms with van der Waals surface area (Å²) >= 11 is 3.25. The first-order valence-electron chi connectivity index (χ1n) is 5.95. The molecule has 0 unspecified atom stereocenters. The van der Waals surface area contributed by atoms with Gasteiger partial charge in [-0.2, -0.15) is 5.10 Å². The van der Waals surface area contributed by atoms with Crippen LogP contribution in [0.1, 0.15) is 47.8 Å². The summed E-state index contributed by atoms with van der Waals surface area (Å²) in [5.74, 6) is -0.549. The van der Waals surface area contributed by atoms with E-state index in [9.17, 15) is 4.79 Å². The Kier molecular flexibility index (Phi) is 2.81. The molecule has 1 aliphatic carbocycles. The largest absolute Gasteiger partial charge is 0.476 e. The summed E-state index contributed by atoms with van der Waals surface area (Å²) < 4.78 is 1.97. The first-order chi connectivity index (χ1) is 8.66. The van der Waals surface area contributed by atoms with Gasteiger partial charge in [0.2, 0.25) is 0 Å². The minimum Gasteiger partial charge on any atom is -0.476 e. The van der Waals surface area contributed by atoms with E-state index in [4.69, 9.17) is 5.11 Å². The topological polar surface area (TPSA) is 67.5 Å². The first-order valence-corrected chi connectivity index (χ1v) is 6.74. The Morgan fingerprint density at radius 1 is 1.39 bits per heavy atom. The van der Waals surface area contributed by atoms with Gasteiger partial charge in [0.1, 0.15) is 4.60 Å². The van der Waals surface area contributed by atoms with Crippen LogP contribution in [0.5, 0.6) is 0 Å². The predicted octanol–water partition coefficient (Wildman–Crippen LogP) is 2.85. The first kappa shape index (κ1) is 11.6. The second-order valence-corrected chi connectivity index (χ2v) is 5.32. The Labute approximate surface area is 112 Å². The van der Waals surface area contributed by atoms with E-state index in [2.05, 4.69) is 26.0 Å². The van der Waals surface area contributed by atoms with E-state index >= 15 is 0 Å². The summed E-state index contributed by atoms with van der Waals surface area (Å²) in [4.78, 5) is 15.0. The van der Waals surface area contributed by atoms with Crippen molar-refractivity contribution in [1.29, 1.82) is 0 Å². The lowest BCUT2D eigenvalue weighted by molar-refractivity contribution is 0.0690. The van der Waals surface area contributed by atoms with Gasteiger partial charge < -0.3 is 5.11 Å². The average Bonchev–Trinajstić information content (AvgIpc) is 2.97. The van der Waals surface area contributed by atoms with Crippen LogP contribution < -0.4 is 0 Å². The molecule has 1 saturated carbocycles. The third-order valence-corrected chi connectivity index (χ3v) is 4.13. The van der Waals surface area contributed by atoms with Crippen LogP contribution in [0.2, 0.25) is 0 Å². The highest BCUT2D eigenvalue weighted by Crippen LogP contribution is 2.33. The van der Waals surface area contributed by atoms with E-state index in [1.54, 1.807) is 4.52 Å². The normalized spacial score (nSPS) is 16.5. The molecule has 1 aliphatic rings. The molecule has 0 aliphatic heterocycles. The number of hydrogen-bond donors (Lipinski definition) is 1. The van der Waals surface area contributed by atoms with Crippen LogP contribution >= 0.6 is 15.9 Å². The van der Waals surface area contributed by atoms with Crippen LogP contribution in [0.3, 0.4) is 0 Å². The van der Waals surface area contributed by atoms with Gasteiger partial charge in [-0.05, 0) is 40.9 Å². The quantitative estimate of drug-likeness (QED) is 0.926. The molecule has 94 valence electrons. The standard InChI is InChI=1S/C12H12BrN3O2/c13-11-10(12(17)18)14-9-6-5-8(15-16(9)11)7-3-1-2-4-7/h5-7H,1-4H2,(H,17,18). The second kappa shape index (κ2) is 4.35. The molecular weight excluding hydrogens is 298 g/mol. The van der Waals surface area contributed by atoms with Gasteiger partial charge in [0, 0.05) is 5.92 Å². The van der Waals surface area contributed by atoms with Crippen molar-refractivity contribution >= 4 is 27.5 Å². The van der Waals surface area contributed by atoms with Crippen molar-refractivity contribution in [2.45, 2.75) is 31.6 Å². The lowest BCUT2D eigenvalue weighted by Gasteiger charge is -2.08. The molecule has 0 spiro atoms. The molecule has 0 bridgehead atoms. The highest BCUT2D eigenvalue weighted by atomic mass is 79.9. The molecular formula is C12H12BrN3O2. The van der Waals surface area contributed by atoms with E-state index in [0.29, 0.717) is 16.2 Å². The SMILES string of the molecule is O=C(O)c1nc2ccc(C3CCCC3)nn2c1Br. The zero-order valence-electron chi connectivity index (χ0n) is 9.64. The fourth-order valence-corrected chi connectivity index (χ4v) is 3.02. The smallest absolute Gasteiger partial charge is 0.357 e. The van der Waals surface area contributed by atoms with Crippen LogP contribution in [0.4, 0.5) is 0 Å². The van der Waals surface area contributed by atoms with Crippen molar-refractivity contribution in [2.24, 2.45) is 0 Å². The minimum absolute atomic E-state index is 0.00562. The summed E-state index contributed by atoms with van der Waals surface area (Å²) in [7, 11) is 0. The van der Waals surface area contributed by atoms with Crippen molar-refractivity contribution in [1.82, 2.24) is 14.6 Å². The van der Waals surface area contributed by atoms with Gasteiger partial charge in [-0.25, -0.2) is 14.3 Å². The molecule has 18 heavy (non-hydrogen) atoms. The number of imidazole rings is 1. The maximum atomic E-state index is 11.0. The Hall–Kier alpha value is -1.43. The number of fused-ring (bicyclic) bond motifs is 1. The molecule has 0 saturated heterocycles. The molecule has 2 heterocycles. The number of carboxylic acid groups (broad SMARTS) is 1. The lowest BCUT2D eigenvalue weighted by Crippen LogP contribution is -2.02. The molecule has 2 aromatic rings. The van der Waals surface area contributed by atoms with Crippen molar-refractivity contribution in [3.8, 4) is 0 Å². The maximum Gasteiger partial charge on any atom is 0.357 e. The number of aromatic nitrogens is 3. The summed E-state index contributed by atoms with van der Waals surface area (Å²) in [6.07, 6.45) is 4.82. The number of halogens is 1. The highest BCUT2D eigenvalue weighted by molar-refractivity contribution is 9.10. The summed E-state index contributed by atoms with van der Waals surface area (Å²) in [5, 5.41) is 13.5. The van der Waals surface area contributed by atoms with Gasteiger partial charge >= 0.3 is 5.97 Å². The van der Waals surface area contributed by atoms with Gasteiger partial charge in [-0.1, -0.05) is 12.8 Å². The lowest BCUT2D eigenvalue weighted by atomic mass is 10.0. The fraction of sp³-hybridized carbons (Fsp3) is 0.417. The monoisotopic (exact) mass is 309 g/mol. The Balaban J connectivity index is 2.10. The van der Waals surface area contributed by atoms with E-state index in [1.165, 1.54) is 12.8 Å². The average molecular weight is 310 g/mol. The number of rotatable bonds is 2. The number of nitrogens with zero attached hydrogens (tertiary/aromatic N) is 3. The van der Waals surface area contributed by atoms with Crippen LogP contribution in [0, 0.1) is 0 Å². The van der Waals surface area contributed by atoms with Crippen LogP contribution in [0.15, 0.2) is 16.7 Å². The second-order valence-electron chi connectivity index (χ2n) is 4.57. The van der Waals surface area contributed by atoms with Crippen molar-refractivity contribution in [2.75, 3.05) is 0 Å². The molecule has 0 radical (unpaired) electrons. The number of aromatic carboxylic acids is 1. The molecule has 1 N–H and O–H groups in total. The van der Waals surface area contributed by atoms with Crippen molar-refractivity contribution in [3.63, 3.8) is 0 Å². The molecule has 0 atom stereocenters. The van der Waals surface area contributed by atoms with E-state index in [0.717, 1.165) is 18.5 Å². The van der Waals surface area contributed by atoms with E-state index < -0.39 is 5.97 Å². The summed E-state index contributed by atoms with van der Waals surface area (Å²) in [6, 6.07) is 3.79. The maximum absolute atomic E-state index is 11.0. The number of carboxylic acids is 1. The minimum atomic E-state index is -1.05. The molecule has 0 aromatic carbocycles. The van der Waals surface area contributed by atoms with E-state index in [-0.39, 0.29) is 5.69 Å². The third-order valence-electron chi connectivity index (χ3n) is 3.42. The Morgan fingerprint density at radius 2 is 2.11 bits per heavy atom. The summed E-state index contributed by atoms with van der Waals surface area (Å²) in [6.45, 7) is 0. The Morgan fingerprint density at radius 3 is 2.78 bits per heavy atom. The van der Waals surface area contributed by atoms with Gasteiger partial charge in [0.05, 0.1) is 5.69 Å². The number of carbonyl (C=O) groups is 1. The van der Waals surface area contributed by atoms with Gasteiger partial charge in [0.25, 0.3) is 0 Å².